The molecule has 8 heteroatoms. The van der Waals surface area contributed by atoms with Crippen LogP contribution in [0.15, 0.2) is 41.3 Å². The molecule has 2 aromatic rings. The molecular formula is C19H17Cl2NO4S. The van der Waals surface area contributed by atoms with Crippen LogP contribution in [0.1, 0.15) is 22.9 Å². The molecule has 3 rings (SSSR count). The normalized spacial score (nSPS) is 19.1. The summed E-state index contributed by atoms with van der Waals surface area (Å²) in [6, 6.07) is 7.61. The zero-order valence-electron chi connectivity index (χ0n) is 14.4. The third-order valence-electron chi connectivity index (χ3n) is 4.29. The van der Waals surface area contributed by atoms with E-state index in [0.29, 0.717) is 30.2 Å². The van der Waals surface area contributed by atoms with E-state index in [0.717, 1.165) is 4.88 Å². The highest BCUT2D eigenvalue weighted by molar-refractivity contribution is 7.10. The number of carbonyl (C=O) groups excluding carboxylic acids is 2. The summed E-state index contributed by atoms with van der Waals surface area (Å²) >= 11 is 13.4. The lowest BCUT2D eigenvalue weighted by Gasteiger charge is -2.24. The number of hydrogen-bond acceptors (Lipinski definition) is 5. The molecule has 1 amide bonds. The molecule has 1 aromatic heterocycles. The number of aliphatic hydroxyl groups is 1. The van der Waals surface area contributed by atoms with Gasteiger partial charge < -0.3 is 14.7 Å². The van der Waals surface area contributed by atoms with E-state index in [4.69, 9.17) is 27.9 Å². The monoisotopic (exact) mass is 425 g/mol. The highest BCUT2D eigenvalue weighted by Crippen LogP contribution is 2.41. The van der Waals surface area contributed by atoms with E-state index in [2.05, 4.69) is 0 Å². The summed E-state index contributed by atoms with van der Waals surface area (Å²) < 4.78 is 5.05. The van der Waals surface area contributed by atoms with Crippen molar-refractivity contribution in [3.63, 3.8) is 0 Å². The average Bonchev–Trinajstić information content (AvgIpc) is 3.26. The largest absolute Gasteiger partial charge is 0.507 e. The number of ketones is 1. The van der Waals surface area contributed by atoms with Gasteiger partial charge in [0, 0.05) is 30.7 Å². The van der Waals surface area contributed by atoms with Crippen LogP contribution in [0.4, 0.5) is 0 Å². The Kier molecular flexibility index (Phi) is 6.22. The molecule has 0 saturated carbocycles. The molecule has 1 unspecified atom stereocenters. The molecule has 0 bridgehead atoms. The van der Waals surface area contributed by atoms with Gasteiger partial charge in [-0.2, -0.15) is 0 Å². The Hall–Kier alpha value is -1.86. The van der Waals surface area contributed by atoms with Crippen molar-refractivity contribution >= 4 is 52.0 Å². The first-order chi connectivity index (χ1) is 13.0. The lowest BCUT2D eigenvalue weighted by atomic mass is 10.00. The Morgan fingerprint density at radius 3 is 2.67 bits per heavy atom. The molecule has 1 saturated heterocycles. The van der Waals surface area contributed by atoms with Crippen molar-refractivity contribution in [1.29, 1.82) is 0 Å². The minimum atomic E-state index is -0.714. The van der Waals surface area contributed by atoms with Crippen molar-refractivity contribution in [3.8, 4) is 0 Å². The van der Waals surface area contributed by atoms with Crippen molar-refractivity contribution in [3.05, 3.63) is 61.8 Å². The molecule has 2 heterocycles. The second-order valence-corrected chi connectivity index (χ2v) is 7.78. The van der Waals surface area contributed by atoms with E-state index in [9.17, 15) is 14.7 Å². The van der Waals surface area contributed by atoms with Gasteiger partial charge in [0.25, 0.3) is 11.7 Å². The minimum absolute atomic E-state index is 0.0539. The van der Waals surface area contributed by atoms with Crippen LogP contribution in [0.2, 0.25) is 10.0 Å². The molecule has 0 aliphatic carbocycles. The second kappa shape index (κ2) is 8.44. The van der Waals surface area contributed by atoms with Crippen molar-refractivity contribution in [1.82, 2.24) is 4.90 Å². The minimum Gasteiger partial charge on any atom is -0.507 e. The summed E-state index contributed by atoms with van der Waals surface area (Å²) in [5, 5.41) is 13.3. The molecule has 1 fully saturated rings. The number of likely N-dealkylation sites (tertiary alicyclic amines) is 1. The number of hydrogen-bond donors (Lipinski definition) is 1. The van der Waals surface area contributed by atoms with Crippen molar-refractivity contribution in [2.24, 2.45) is 0 Å². The van der Waals surface area contributed by atoms with Crippen LogP contribution in [0.25, 0.3) is 5.76 Å². The van der Waals surface area contributed by atoms with Crippen LogP contribution in [-0.2, 0) is 14.3 Å². The number of halogens is 2. The van der Waals surface area contributed by atoms with Gasteiger partial charge in [-0.15, -0.1) is 11.3 Å². The first-order valence-electron chi connectivity index (χ1n) is 8.22. The number of nitrogens with zero attached hydrogens (tertiary/aromatic N) is 1. The second-order valence-electron chi connectivity index (χ2n) is 5.98. The van der Waals surface area contributed by atoms with E-state index in [1.165, 1.54) is 28.4 Å². The molecule has 0 radical (unpaired) electrons. The molecule has 1 aliphatic rings. The van der Waals surface area contributed by atoms with Crippen LogP contribution in [-0.4, -0.2) is 42.0 Å². The van der Waals surface area contributed by atoms with Crippen molar-refractivity contribution in [2.75, 3.05) is 20.3 Å². The number of thiophene rings is 1. The van der Waals surface area contributed by atoms with Crippen LogP contribution in [0.5, 0.6) is 0 Å². The van der Waals surface area contributed by atoms with Crippen LogP contribution in [0, 0.1) is 0 Å². The zero-order chi connectivity index (χ0) is 19.6. The first-order valence-corrected chi connectivity index (χ1v) is 9.85. The number of carbonyl (C=O) groups is 2. The summed E-state index contributed by atoms with van der Waals surface area (Å²) in [5.41, 5.74) is 0.388. The molecule has 142 valence electrons. The predicted molar refractivity (Wildman–Crippen MR) is 106 cm³/mol. The van der Waals surface area contributed by atoms with E-state index in [1.807, 2.05) is 17.5 Å². The molecule has 27 heavy (non-hydrogen) atoms. The number of benzene rings is 1. The van der Waals surface area contributed by atoms with Gasteiger partial charge in [-0.05, 0) is 36.1 Å². The maximum absolute atomic E-state index is 12.7. The number of rotatable bonds is 6. The maximum atomic E-state index is 12.7. The van der Waals surface area contributed by atoms with Crippen molar-refractivity contribution in [2.45, 2.75) is 12.5 Å². The summed E-state index contributed by atoms with van der Waals surface area (Å²) in [4.78, 5) is 27.6. The maximum Gasteiger partial charge on any atom is 0.295 e. The van der Waals surface area contributed by atoms with Crippen LogP contribution in [0.3, 0.4) is 0 Å². The van der Waals surface area contributed by atoms with Crippen molar-refractivity contribution < 1.29 is 19.4 Å². The molecule has 0 spiro atoms. The van der Waals surface area contributed by atoms with Gasteiger partial charge in [-0.25, -0.2) is 0 Å². The van der Waals surface area contributed by atoms with E-state index >= 15 is 0 Å². The average molecular weight is 426 g/mol. The van der Waals surface area contributed by atoms with Gasteiger partial charge in [0.1, 0.15) is 5.76 Å². The van der Waals surface area contributed by atoms with Gasteiger partial charge in [0.15, 0.2) is 0 Å². The molecule has 1 aliphatic heterocycles. The first kappa shape index (κ1) is 19.9. The van der Waals surface area contributed by atoms with Crippen LogP contribution < -0.4 is 0 Å². The third-order valence-corrected chi connectivity index (χ3v) is 5.96. The fourth-order valence-corrected chi connectivity index (χ4v) is 4.17. The summed E-state index contributed by atoms with van der Waals surface area (Å²) in [5.74, 6) is -1.61. The summed E-state index contributed by atoms with van der Waals surface area (Å²) in [6.45, 7) is 0.812. The summed E-state index contributed by atoms with van der Waals surface area (Å²) in [7, 11) is 1.58. The molecule has 1 atom stereocenters. The SMILES string of the molecule is COCCCN1C(=O)C(=O)/C(=C(\O)c2ccc(Cl)c(Cl)c2)C1c1cccs1. The smallest absolute Gasteiger partial charge is 0.295 e. The standard InChI is InChI=1S/C19H17Cl2NO4S/c1-26-8-3-7-22-16(14-4-2-9-27-14)15(18(24)19(22)25)17(23)11-5-6-12(20)13(21)10-11/h2,4-6,9-10,16,23H,3,7-8H2,1H3/b17-15-. The quantitative estimate of drug-likeness (QED) is 0.319. The van der Waals surface area contributed by atoms with Gasteiger partial charge in [0.05, 0.1) is 21.7 Å². The number of aliphatic hydroxyl groups excluding tert-OH is 1. The Morgan fingerprint density at radius 1 is 1.26 bits per heavy atom. The number of ether oxygens (including phenoxy) is 1. The van der Waals surface area contributed by atoms with Gasteiger partial charge in [-0.1, -0.05) is 29.3 Å². The van der Waals surface area contributed by atoms with E-state index < -0.39 is 17.7 Å². The van der Waals surface area contributed by atoms with Gasteiger partial charge in [-0.3, -0.25) is 9.59 Å². The fraction of sp³-hybridized carbons (Fsp3) is 0.263. The van der Waals surface area contributed by atoms with E-state index in [-0.39, 0.29) is 16.4 Å². The lowest BCUT2D eigenvalue weighted by Crippen LogP contribution is -2.31. The lowest BCUT2D eigenvalue weighted by molar-refractivity contribution is -0.140. The number of methoxy groups -OCH3 is 1. The highest BCUT2D eigenvalue weighted by atomic mass is 35.5. The zero-order valence-corrected chi connectivity index (χ0v) is 16.8. The number of amides is 1. The Bertz CT molecular complexity index is 895. The molecule has 1 aromatic carbocycles. The summed E-state index contributed by atoms with van der Waals surface area (Å²) in [6.07, 6.45) is 0.582. The van der Waals surface area contributed by atoms with Gasteiger partial charge >= 0.3 is 0 Å². The Balaban J connectivity index is 2.09. The Morgan fingerprint density at radius 2 is 2.04 bits per heavy atom. The fourth-order valence-electron chi connectivity index (χ4n) is 3.03. The third kappa shape index (κ3) is 3.89. The molecular weight excluding hydrogens is 409 g/mol. The highest BCUT2D eigenvalue weighted by Gasteiger charge is 2.46. The predicted octanol–water partition coefficient (Wildman–Crippen LogP) is 4.51. The van der Waals surface area contributed by atoms with Gasteiger partial charge in [0.2, 0.25) is 0 Å². The van der Waals surface area contributed by atoms with Crippen LogP contribution >= 0.6 is 34.5 Å². The van der Waals surface area contributed by atoms with E-state index in [1.54, 1.807) is 13.2 Å². The molecule has 5 nitrogen and oxygen atoms in total. The Labute approximate surface area is 170 Å². The molecule has 1 N–H and O–H groups in total. The topological polar surface area (TPSA) is 66.8 Å². The number of Topliss-reactive ketones (excluding diaryl/α,β-unsaturated/α-hetero) is 1.